The van der Waals surface area contributed by atoms with Crippen molar-refractivity contribution in [1.29, 1.82) is 0 Å². The van der Waals surface area contributed by atoms with Gasteiger partial charge in [0.15, 0.2) is 0 Å². The standard InChI is InChI=1S/C13H13ClN2O2/c1-7-4-5-9(14)12-10(7)11(15-2)8(6-16-12)13(17)18-3/h4-6H,1-3H3,(H,15,16). The second-order valence-corrected chi connectivity index (χ2v) is 4.28. The van der Waals surface area contributed by atoms with E-state index in [-0.39, 0.29) is 0 Å². The molecule has 5 heteroatoms. The molecule has 0 amide bonds. The molecule has 0 aliphatic carbocycles. The lowest BCUT2D eigenvalue weighted by atomic mass is 10.0. The molecule has 0 unspecified atom stereocenters. The molecule has 1 heterocycles. The Morgan fingerprint density at radius 2 is 2.17 bits per heavy atom. The number of carbonyl (C=O) groups excluding carboxylic acids is 1. The van der Waals surface area contributed by atoms with Gasteiger partial charge in [-0.2, -0.15) is 0 Å². The van der Waals surface area contributed by atoms with Crippen LogP contribution < -0.4 is 5.32 Å². The Kier molecular flexibility index (Phi) is 3.39. The fraction of sp³-hybridized carbons (Fsp3) is 0.231. The first-order valence-corrected chi connectivity index (χ1v) is 5.81. The van der Waals surface area contributed by atoms with Crippen molar-refractivity contribution >= 4 is 34.2 Å². The van der Waals surface area contributed by atoms with Gasteiger partial charge >= 0.3 is 5.97 Å². The number of esters is 1. The Labute approximate surface area is 110 Å². The number of benzene rings is 1. The summed E-state index contributed by atoms with van der Waals surface area (Å²) < 4.78 is 4.75. The Morgan fingerprint density at radius 3 is 2.78 bits per heavy atom. The topological polar surface area (TPSA) is 51.2 Å². The van der Waals surface area contributed by atoms with Crippen LogP contribution in [0.5, 0.6) is 0 Å². The van der Waals surface area contributed by atoms with E-state index >= 15 is 0 Å². The molecule has 2 rings (SSSR count). The highest BCUT2D eigenvalue weighted by Gasteiger charge is 2.17. The Morgan fingerprint density at radius 1 is 1.44 bits per heavy atom. The van der Waals surface area contributed by atoms with Crippen molar-refractivity contribution in [2.75, 3.05) is 19.5 Å². The molecular weight excluding hydrogens is 252 g/mol. The number of carbonyl (C=O) groups is 1. The first-order chi connectivity index (χ1) is 8.60. The summed E-state index contributed by atoms with van der Waals surface area (Å²) in [5.74, 6) is -0.423. The predicted octanol–water partition coefficient (Wildman–Crippen LogP) is 3.02. The van der Waals surface area contributed by atoms with Crippen molar-refractivity contribution in [3.05, 3.63) is 34.5 Å². The summed E-state index contributed by atoms with van der Waals surface area (Å²) in [5.41, 5.74) is 2.76. The number of hydrogen-bond donors (Lipinski definition) is 1. The van der Waals surface area contributed by atoms with Crippen LogP contribution in [0.1, 0.15) is 15.9 Å². The number of rotatable bonds is 2. The number of pyridine rings is 1. The van der Waals surface area contributed by atoms with Crippen molar-refractivity contribution in [1.82, 2.24) is 4.98 Å². The van der Waals surface area contributed by atoms with Gasteiger partial charge in [0.25, 0.3) is 0 Å². The van der Waals surface area contributed by atoms with Crippen LogP contribution in [0.2, 0.25) is 5.02 Å². The van der Waals surface area contributed by atoms with Crippen molar-refractivity contribution in [3.8, 4) is 0 Å². The Balaban J connectivity index is 2.87. The fourth-order valence-corrected chi connectivity index (χ4v) is 2.17. The van der Waals surface area contributed by atoms with Gasteiger partial charge in [0.05, 0.1) is 23.3 Å². The lowest BCUT2D eigenvalue weighted by molar-refractivity contribution is 0.0601. The molecule has 0 atom stereocenters. The van der Waals surface area contributed by atoms with Gasteiger partial charge in [-0.05, 0) is 18.6 Å². The number of fused-ring (bicyclic) bond motifs is 1. The number of aromatic nitrogens is 1. The number of halogens is 1. The van der Waals surface area contributed by atoms with E-state index in [4.69, 9.17) is 16.3 Å². The highest BCUT2D eigenvalue weighted by molar-refractivity contribution is 6.35. The molecule has 4 nitrogen and oxygen atoms in total. The van der Waals surface area contributed by atoms with Gasteiger partial charge in [-0.15, -0.1) is 0 Å². The van der Waals surface area contributed by atoms with Gasteiger partial charge in [-0.25, -0.2) is 4.79 Å². The zero-order valence-electron chi connectivity index (χ0n) is 10.4. The first-order valence-electron chi connectivity index (χ1n) is 5.44. The summed E-state index contributed by atoms with van der Waals surface area (Å²) in [4.78, 5) is 15.9. The zero-order chi connectivity index (χ0) is 13.3. The van der Waals surface area contributed by atoms with Gasteiger partial charge < -0.3 is 10.1 Å². The summed E-state index contributed by atoms with van der Waals surface area (Å²) in [6.07, 6.45) is 1.48. The number of hydrogen-bond acceptors (Lipinski definition) is 4. The molecule has 94 valence electrons. The second kappa shape index (κ2) is 4.82. The maximum Gasteiger partial charge on any atom is 0.341 e. The highest BCUT2D eigenvalue weighted by Crippen LogP contribution is 2.32. The van der Waals surface area contributed by atoms with Crippen molar-refractivity contribution in [2.24, 2.45) is 0 Å². The minimum Gasteiger partial charge on any atom is -0.465 e. The van der Waals surface area contributed by atoms with E-state index < -0.39 is 5.97 Å². The largest absolute Gasteiger partial charge is 0.465 e. The normalized spacial score (nSPS) is 10.4. The number of methoxy groups -OCH3 is 1. The molecule has 0 bridgehead atoms. The summed E-state index contributed by atoms with van der Waals surface area (Å²) in [7, 11) is 3.10. The average molecular weight is 265 g/mol. The quantitative estimate of drug-likeness (QED) is 0.847. The van der Waals surface area contributed by atoms with Gasteiger partial charge in [0.2, 0.25) is 0 Å². The SMILES string of the molecule is CNc1c(C(=O)OC)cnc2c(Cl)ccc(C)c12. The molecule has 0 aliphatic rings. The van der Waals surface area contributed by atoms with E-state index in [1.165, 1.54) is 13.3 Å². The van der Waals surface area contributed by atoms with Crippen LogP contribution >= 0.6 is 11.6 Å². The van der Waals surface area contributed by atoms with Gasteiger partial charge in [-0.1, -0.05) is 17.7 Å². The monoisotopic (exact) mass is 264 g/mol. The van der Waals surface area contributed by atoms with E-state index in [1.54, 1.807) is 13.1 Å². The molecule has 1 aromatic carbocycles. The molecule has 0 saturated heterocycles. The molecule has 1 N–H and O–H groups in total. The summed E-state index contributed by atoms with van der Waals surface area (Å²) in [6, 6.07) is 3.69. The number of nitrogens with one attached hydrogen (secondary N) is 1. The fourth-order valence-electron chi connectivity index (χ4n) is 1.96. The molecule has 0 saturated carbocycles. The predicted molar refractivity (Wildman–Crippen MR) is 72.4 cm³/mol. The van der Waals surface area contributed by atoms with E-state index in [9.17, 15) is 4.79 Å². The number of anilines is 1. The third-order valence-corrected chi connectivity index (χ3v) is 3.14. The van der Waals surface area contributed by atoms with E-state index in [0.717, 1.165) is 10.9 Å². The molecule has 0 spiro atoms. The average Bonchev–Trinajstić information content (AvgIpc) is 2.40. The van der Waals surface area contributed by atoms with Crippen LogP contribution in [-0.2, 0) is 4.74 Å². The van der Waals surface area contributed by atoms with Gasteiger partial charge in [0.1, 0.15) is 5.56 Å². The lowest BCUT2D eigenvalue weighted by Gasteiger charge is -2.13. The molecule has 0 fully saturated rings. The zero-order valence-corrected chi connectivity index (χ0v) is 11.1. The van der Waals surface area contributed by atoms with Gasteiger partial charge in [0, 0.05) is 18.6 Å². The lowest BCUT2D eigenvalue weighted by Crippen LogP contribution is -2.07. The van der Waals surface area contributed by atoms with Crippen LogP contribution in [0, 0.1) is 6.92 Å². The summed E-state index contributed by atoms with van der Waals surface area (Å²) in [6.45, 7) is 1.95. The van der Waals surface area contributed by atoms with Crippen LogP contribution in [0.15, 0.2) is 18.3 Å². The maximum absolute atomic E-state index is 11.7. The smallest absolute Gasteiger partial charge is 0.341 e. The van der Waals surface area contributed by atoms with Crippen LogP contribution in [0.25, 0.3) is 10.9 Å². The molecular formula is C13H13ClN2O2. The second-order valence-electron chi connectivity index (χ2n) is 3.88. The number of nitrogens with zero attached hydrogens (tertiary/aromatic N) is 1. The maximum atomic E-state index is 11.7. The van der Waals surface area contributed by atoms with Gasteiger partial charge in [-0.3, -0.25) is 4.98 Å². The summed E-state index contributed by atoms with van der Waals surface area (Å²) in [5, 5.41) is 4.42. The van der Waals surface area contributed by atoms with E-state index in [0.29, 0.717) is 21.8 Å². The number of ether oxygens (including phenoxy) is 1. The Hall–Kier alpha value is -1.81. The minimum atomic E-state index is -0.423. The van der Waals surface area contributed by atoms with Crippen molar-refractivity contribution in [2.45, 2.75) is 6.92 Å². The minimum absolute atomic E-state index is 0.401. The molecule has 18 heavy (non-hydrogen) atoms. The van der Waals surface area contributed by atoms with Crippen LogP contribution in [-0.4, -0.2) is 25.1 Å². The third kappa shape index (κ3) is 1.88. The third-order valence-electron chi connectivity index (χ3n) is 2.83. The van der Waals surface area contributed by atoms with Crippen LogP contribution in [0.3, 0.4) is 0 Å². The summed E-state index contributed by atoms with van der Waals surface area (Å²) >= 11 is 6.12. The Bertz CT molecular complexity index is 626. The first kappa shape index (κ1) is 12.6. The van der Waals surface area contributed by atoms with Crippen molar-refractivity contribution < 1.29 is 9.53 Å². The molecule has 0 aliphatic heterocycles. The molecule has 1 aromatic heterocycles. The molecule has 2 aromatic rings. The van der Waals surface area contributed by atoms with E-state index in [2.05, 4.69) is 10.3 Å². The highest BCUT2D eigenvalue weighted by atomic mass is 35.5. The molecule has 0 radical (unpaired) electrons. The van der Waals surface area contributed by atoms with Crippen LogP contribution in [0.4, 0.5) is 5.69 Å². The van der Waals surface area contributed by atoms with E-state index in [1.807, 2.05) is 13.0 Å². The number of aryl methyl sites for hydroxylation is 1. The van der Waals surface area contributed by atoms with Crippen molar-refractivity contribution in [3.63, 3.8) is 0 Å².